The molecule has 98 valence electrons. The van der Waals surface area contributed by atoms with E-state index in [1.54, 1.807) is 11.3 Å². The highest BCUT2D eigenvalue weighted by atomic mass is 79.9. The van der Waals surface area contributed by atoms with Crippen LogP contribution in [0.25, 0.3) is 10.4 Å². The SMILES string of the molecule is Brc1sc(-c2ccccc2)c2c1Oc1ccccc1O2. The minimum atomic E-state index is 0.748. The zero-order valence-corrected chi connectivity index (χ0v) is 12.7. The topological polar surface area (TPSA) is 18.5 Å². The van der Waals surface area contributed by atoms with Gasteiger partial charge in [-0.25, -0.2) is 0 Å². The van der Waals surface area contributed by atoms with Gasteiger partial charge in [-0.1, -0.05) is 42.5 Å². The van der Waals surface area contributed by atoms with Crippen molar-refractivity contribution in [1.82, 2.24) is 0 Å². The minimum absolute atomic E-state index is 0.748. The van der Waals surface area contributed by atoms with E-state index in [0.29, 0.717) is 0 Å². The van der Waals surface area contributed by atoms with Crippen molar-refractivity contribution in [3.05, 3.63) is 58.4 Å². The number of rotatable bonds is 1. The van der Waals surface area contributed by atoms with E-state index >= 15 is 0 Å². The minimum Gasteiger partial charge on any atom is -0.448 e. The third kappa shape index (κ3) is 1.84. The van der Waals surface area contributed by atoms with E-state index in [1.165, 1.54) is 0 Å². The Bertz CT molecular complexity index is 780. The van der Waals surface area contributed by atoms with Crippen molar-refractivity contribution in [2.75, 3.05) is 0 Å². The van der Waals surface area contributed by atoms with Crippen LogP contribution >= 0.6 is 27.3 Å². The Morgan fingerprint density at radius 1 is 0.750 bits per heavy atom. The Morgan fingerprint density at radius 3 is 2.05 bits per heavy atom. The molecule has 3 aromatic rings. The molecule has 0 bridgehead atoms. The highest BCUT2D eigenvalue weighted by Crippen LogP contribution is 2.57. The number of hydrogen-bond acceptors (Lipinski definition) is 3. The average Bonchev–Trinajstić information content (AvgIpc) is 2.83. The Balaban J connectivity index is 1.88. The van der Waals surface area contributed by atoms with Crippen LogP contribution in [0.15, 0.2) is 58.4 Å². The van der Waals surface area contributed by atoms with Crippen LogP contribution in [-0.2, 0) is 0 Å². The molecule has 4 heteroatoms. The van der Waals surface area contributed by atoms with Gasteiger partial charge in [0.25, 0.3) is 0 Å². The molecule has 4 rings (SSSR count). The molecule has 0 aliphatic carbocycles. The smallest absolute Gasteiger partial charge is 0.195 e. The van der Waals surface area contributed by atoms with Crippen molar-refractivity contribution >= 4 is 27.3 Å². The summed E-state index contributed by atoms with van der Waals surface area (Å²) >= 11 is 5.19. The van der Waals surface area contributed by atoms with Crippen LogP contribution in [-0.4, -0.2) is 0 Å². The largest absolute Gasteiger partial charge is 0.448 e. The number of benzene rings is 2. The summed E-state index contributed by atoms with van der Waals surface area (Å²) in [5.74, 6) is 3.04. The number of ether oxygens (including phenoxy) is 2. The van der Waals surface area contributed by atoms with Gasteiger partial charge in [-0.05, 0) is 33.6 Å². The highest BCUT2D eigenvalue weighted by molar-refractivity contribution is 9.11. The van der Waals surface area contributed by atoms with Gasteiger partial charge in [0.15, 0.2) is 23.0 Å². The van der Waals surface area contributed by atoms with E-state index in [-0.39, 0.29) is 0 Å². The van der Waals surface area contributed by atoms with E-state index < -0.39 is 0 Å². The Hall–Kier alpha value is -1.78. The molecule has 2 nitrogen and oxygen atoms in total. The summed E-state index contributed by atoms with van der Waals surface area (Å²) in [4.78, 5) is 1.07. The summed E-state index contributed by atoms with van der Waals surface area (Å²) in [6.07, 6.45) is 0. The molecular formula is C16H9BrO2S. The van der Waals surface area contributed by atoms with Crippen LogP contribution in [0.4, 0.5) is 0 Å². The van der Waals surface area contributed by atoms with Crippen molar-refractivity contribution < 1.29 is 9.47 Å². The quantitative estimate of drug-likeness (QED) is 0.416. The Labute approximate surface area is 128 Å². The molecule has 0 atom stereocenters. The lowest BCUT2D eigenvalue weighted by molar-refractivity contribution is 0.362. The van der Waals surface area contributed by atoms with Crippen LogP contribution < -0.4 is 9.47 Å². The van der Waals surface area contributed by atoms with Gasteiger partial charge < -0.3 is 9.47 Å². The molecule has 2 aromatic carbocycles. The van der Waals surface area contributed by atoms with Crippen molar-refractivity contribution in [3.8, 4) is 33.4 Å². The molecule has 0 fully saturated rings. The van der Waals surface area contributed by atoms with Crippen molar-refractivity contribution in [2.45, 2.75) is 0 Å². The van der Waals surface area contributed by atoms with E-state index in [1.807, 2.05) is 42.5 Å². The first-order valence-electron chi connectivity index (χ1n) is 6.15. The van der Waals surface area contributed by atoms with Crippen LogP contribution in [0.2, 0.25) is 0 Å². The number of fused-ring (bicyclic) bond motifs is 2. The molecule has 0 N–H and O–H groups in total. The molecule has 0 amide bonds. The van der Waals surface area contributed by atoms with Gasteiger partial charge in [0.1, 0.15) is 3.79 Å². The summed E-state index contributed by atoms with van der Waals surface area (Å²) in [6.45, 7) is 0. The molecule has 0 unspecified atom stereocenters. The maximum Gasteiger partial charge on any atom is 0.195 e. The molecule has 1 aliphatic heterocycles. The normalized spacial score (nSPS) is 12.1. The van der Waals surface area contributed by atoms with Gasteiger partial charge in [0.05, 0.1) is 4.88 Å². The number of halogens is 1. The highest BCUT2D eigenvalue weighted by Gasteiger charge is 2.27. The van der Waals surface area contributed by atoms with Crippen LogP contribution in [0, 0.1) is 0 Å². The molecule has 0 saturated heterocycles. The summed E-state index contributed by atoms with van der Waals surface area (Å²) < 4.78 is 12.9. The lowest BCUT2D eigenvalue weighted by atomic mass is 10.2. The maximum atomic E-state index is 6.04. The fourth-order valence-electron chi connectivity index (χ4n) is 2.17. The second-order valence-corrected chi connectivity index (χ2v) is 6.72. The zero-order chi connectivity index (χ0) is 13.5. The molecule has 1 aliphatic rings. The van der Waals surface area contributed by atoms with E-state index in [0.717, 1.165) is 37.2 Å². The van der Waals surface area contributed by atoms with Crippen molar-refractivity contribution in [2.24, 2.45) is 0 Å². The molecule has 20 heavy (non-hydrogen) atoms. The fraction of sp³-hybridized carbons (Fsp3) is 0. The summed E-state index contributed by atoms with van der Waals surface area (Å²) in [7, 11) is 0. The van der Waals surface area contributed by atoms with Crippen molar-refractivity contribution in [1.29, 1.82) is 0 Å². The number of para-hydroxylation sites is 2. The lowest BCUT2D eigenvalue weighted by Crippen LogP contribution is -1.97. The molecule has 0 radical (unpaired) electrons. The standard InChI is InChI=1S/C16H9BrO2S/c17-16-14-13(15(20-16)10-6-2-1-3-7-10)18-11-8-4-5-9-12(11)19-14/h1-9H. The first-order valence-corrected chi connectivity index (χ1v) is 7.76. The lowest BCUT2D eigenvalue weighted by Gasteiger charge is -2.18. The molecular weight excluding hydrogens is 336 g/mol. The average molecular weight is 345 g/mol. The first kappa shape index (κ1) is 12.0. The van der Waals surface area contributed by atoms with E-state index in [2.05, 4.69) is 28.1 Å². The van der Waals surface area contributed by atoms with Crippen LogP contribution in [0.1, 0.15) is 0 Å². The van der Waals surface area contributed by atoms with Crippen LogP contribution in [0.5, 0.6) is 23.0 Å². The third-order valence-corrected chi connectivity index (χ3v) is 4.93. The van der Waals surface area contributed by atoms with E-state index in [9.17, 15) is 0 Å². The van der Waals surface area contributed by atoms with Gasteiger partial charge in [-0.2, -0.15) is 0 Å². The summed E-state index contributed by atoms with van der Waals surface area (Å²) in [5.41, 5.74) is 1.13. The summed E-state index contributed by atoms with van der Waals surface area (Å²) in [6, 6.07) is 17.9. The third-order valence-electron chi connectivity index (χ3n) is 3.09. The van der Waals surface area contributed by atoms with Crippen LogP contribution in [0.3, 0.4) is 0 Å². The fourth-order valence-corrected chi connectivity index (χ4v) is 3.81. The molecule has 2 heterocycles. The number of hydrogen-bond donors (Lipinski definition) is 0. The van der Waals surface area contributed by atoms with E-state index in [4.69, 9.17) is 9.47 Å². The maximum absolute atomic E-state index is 6.04. The Morgan fingerprint density at radius 2 is 1.35 bits per heavy atom. The molecule has 1 aromatic heterocycles. The van der Waals surface area contributed by atoms with Gasteiger partial charge >= 0.3 is 0 Å². The number of thiophene rings is 1. The van der Waals surface area contributed by atoms with Gasteiger partial charge in [0.2, 0.25) is 0 Å². The Kier molecular flexibility index (Phi) is 2.79. The predicted molar refractivity (Wildman–Crippen MR) is 84.0 cm³/mol. The molecule has 0 saturated carbocycles. The predicted octanol–water partition coefficient (Wildman–Crippen LogP) is 6.08. The summed E-state index contributed by atoms with van der Waals surface area (Å²) in [5, 5.41) is 0. The van der Waals surface area contributed by atoms with Gasteiger partial charge in [-0.15, -0.1) is 11.3 Å². The van der Waals surface area contributed by atoms with Crippen molar-refractivity contribution in [3.63, 3.8) is 0 Å². The monoisotopic (exact) mass is 344 g/mol. The zero-order valence-electron chi connectivity index (χ0n) is 10.3. The second-order valence-electron chi connectivity index (χ2n) is 4.38. The molecule has 0 spiro atoms. The van der Waals surface area contributed by atoms with Gasteiger partial charge in [0, 0.05) is 0 Å². The second kappa shape index (κ2) is 4.65. The first-order chi connectivity index (χ1) is 9.83. The van der Waals surface area contributed by atoms with Gasteiger partial charge in [-0.3, -0.25) is 0 Å².